The van der Waals surface area contributed by atoms with Crippen LogP contribution < -0.4 is 15.4 Å². The minimum Gasteiger partial charge on any atom is -0.484 e. The van der Waals surface area contributed by atoms with Gasteiger partial charge in [0.2, 0.25) is 0 Å². The van der Waals surface area contributed by atoms with Crippen molar-refractivity contribution in [2.24, 2.45) is 0 Å². The first-order chi connectivity index (χ1) is 16.6. The third-order valence-corrected chi connectivity index (χ3v) is 4.69. The molecule has 6 nitrogen and oxygen atoms in total. The maximum absolute atomic E-state index is 12.9. The van der Waals surface area contributed by atoms with Crippen LogP contribution in [0.1, 0.15) is 16.7 Å². The van der Waals surface area contributed by atoms with Crippen molar-refractivity contribution < 1.29 is 27.5 Å². The molecule has 2 N–H and O–H groups in total. The number of nitriles is 1. The van der Waals surface area contributed by atoms with E-state index in [-0.39, 0.29) is 23.8 Å². The lowest BCUT2D eigenvalue weighted by Gasteiger charge is -2.10. The van der Waals surface area contributed by atoms with E-state index >= 15 is 0 Å². The van der Waals surface area contributed by atoms with Crippen LogP contribution in [0.25, 0.3) is 6.08 Å². The van der Waals surface area contributed by atoms with Crippen molar-refractivity contribution in [3.8, 4) is 11.8 Å². The van der Waals surface area contributed by atoms with Crippen molar-refractivity contribution in [3.05, 3.63) is 95.1 Å². The second-order valence-corrected chi connectivity index (χ2v) is 7.48. The molecule has 0 unspecified atom stereocenters. The number of ether oxygens (including phenoxy) is 1. The molecule has 0 saturated heterocycles. The topological polar surface area (TPSA) is 91.2 Å². The van der Waals surface area contributed by atoms with Gasteiger partial charge in [-0.1, -0.05) is 35.9 Å². The van der Waals surface area contributed by atoms with Gasteiger partial charge in [0, 0.05) is 11.4 Å². The molecule has 3 aromatic carbocycles. The Balaban J connectivity index is 1.65. The Bertz CT molecular complexity index is 1290. The summed E-state index contributed by atoms with van der Waals surface area (Å²) in [5.41, 5.74) is 0.779. The van der Waals surface area contributed by atoms with E-state index in [2.05, 4.69) is 10.6 Å². The first-order valence-electron chi connectivity index (χ1n) is 10.3. The van der Waals surface area contributed by atoms with Gasteiger partial charge in [-0.2, -0.15) is 18.4 Å². The van der Waals surface area contributed by atoms with E-state index in [0.29, 0.717) is 17.0 Å². The summed E-state index contributed by atoms with van der Waals surface area (Å²) in [6.45, 7) is 1.67. The van der Waals surface area contributed by atoms with Crippen LogP contribution in [0.2, 0.25) is 0 Å². The smallest absolute Gasteiger partial charge is 0.416 e. The predicted octanol–water partition coefficient (Wildman–Crippen LogP) is 5.58. The van der Waals surface area contributed by atoms with Gasteiger partial charge in [0.15, 0.2) is 6.61 Å². The number of amides is 2. The van der Waals surface area contributed by atoms with E-state index in [4.69, 9.17) is 4.74 Å². The van der Waals surface area contributed by atoms with Gasteiger partial charge >= 0.3 is 6.18 Å². The van der Waals surface area contributed by atoms with Gasteiger partial charge in [-0.05, 0) is 61.0 Å². The Labute approximate surface area is 199 Å². The Kier molecular flexibility index (Phi) is 7.89. The highest BCUT2D eigenvalue weighted by atomic mass is 19.4. The lowest BCUT2D eigenvalue weighted by atomic mass is 10.1. The summed E-state index contributed by atoms with van der Waals surface area (Å²) >= 11 is 0. The first kappa shape index (κ1) is 25.1. The molecule has 0 aromatic heterocycles. The van der Waals surface area contributed by atoms with Crippen LogP contribution in [0.15, 0.2) is 78.4 Å². The summed E-state index contributed by atoms with van der Waals surface area (Å²) in [5.74, 6) is -0.906. The molecular weight excluding hydrogens is 459 g/mol. The zero-order valence-corrected chi connectivity index (χ0v) is 18.5. The normalized spacial score (nSPS) is 11.3. The molecule has 0 radical (unpaired) electrons. The highest BCUT2D eigenvalue weighted by molar-refractivity contribution is 6.09. The molecular formula is C26H20F3N3O3. The minimum absolute atomic E-state index is 0.0948. The third kappa shape index (κ3) is 7.47. The average molecular weight is 479 g/mol. The summed E-state index contributed by atoms with van der Waals surface area (Å²) in [6.07, 6.45) is -3.30. The minimum atomic E-state index is -4.56. The predicted molar refractivity (Wildman–Crippen MR) is 125 cm³/mol. The van der Waals surface area contributed by atoms with E-state index in [1.807, 2.05) is 19.1 Å². The Morgan fingerprint density at radius 3 is 2.37 bits per heavy atom. The summed E-state index contributed by atoms with van der Waals surface area (Å²) in [7, 11) is 0. The second kappa shape index (κ2) is 11.0. The number of rotatable bonds is 7. The number of nitrogens with zero attached hydrogens (tertiary/aromatic N) is 1. The Morgan fingerprint density at radius 2 is 1.69 bits per heavy atom. The van der Waals surface area contributed by atoms with E-state index in [1.54, 1.807) is 36.4 Å². The quantitative estimate of drug-likeness (QED) is 0.342. The summed E-state index contributed by atoms with van der Waals surface area (Å²) < 4.78 is 44.1. The number of anilines is 2. The van der Waals surface area contributed by atoms with Crippen LogP contribution in [0.3, 0.4) is 0 Å². The standard InChI is InChI=1S/C26H20F3N3O3/c1-17-8-10-21(11-9-17)31-24(33)16-35-23-7-2-4-18(13-23)12-19(15-30)25(34)32-22-6-3-5-20(14-22)26(27,28)29/h2-14H,16H2,1H3,(H,31,33)(H,32,34)/b19-12-. The third-order valence-electron chi connectivity index (χ3n) is 4.69. The van der Waals surface area contributed by atoms with Gasteiger partial charge < -0.3 is 15.4 Å². The Morgan fingerprint density at radius 1 is 0.971 bits per heavy atom. The van der Waals surface area contributed by atoms with Crippen molar-refractivity contribution >= 4 is 29.3 Å². The zero-order chi connectivity index (χ0) is 25.4. The SMILES string of the molecule is Cc1ccc(NC(=O)COc2cccc(/C=C(/C#N)C(=O)Nc3cccc(C(F)(F)F)c3)c2)cc1. The number of alkyl halides is 3. The maximum Gasteiger partial charge on any atom is 0.416 e. The first-order valence-corrected chi connectivity index (χ1v) is 10.3. The molecule has 0 aliphatic rings. The van der Waals surface area contributed by atoms with Crippen molar-refractivity contribution in [2.75, 3.05) is 17.2 Å². The van der Waals surface area contributed by atoms with Crippen LogP contribution >= 0.6 is 0 Å². The fourth-order valence-corrected chi connectivity index (χ4v) is 2.96. The summed E-state index contributed by atoms with van der Waals surface area (Å²) in [5, 5.41) is 14.4. The number of nitrogens with one attached hydrogen (secondary N) is 2. The van der Waals surface area contributed by atoms with Gasteiger partial charge in [0.1, 0.15) is 17.4 Å². The number of hydrogen-bond acceptors (Lipinski definition) is 4. The Hall–Kier alpha value is -4.58. The molecule has 0 bridgehead atoms. The van der Waals surface area contributed by atoms with E-state index in [1.165, 1.54) is 18.2 Å². The maximum atomic E-state index is 12.9. The van der Waals surface area contributed by atoms with Crippen LogP contribution in [0.4, 0.5) is 24.5 Å². The zero-order valence-electron chi connectivity index (χ0n) is 18.5. The van der Waals surface area contributed by atoms with Crippen molar-refractivity contribution in [2.45, 2.75) is 13.1 Å². The highest BCUT2D eigenvalue weighted by Crippen LogP contribution is 2.30. The van der Waals surface area contributed by atoms with Crippen molar-refractivity contribution in [1.29, 1.82) is 5.26 Å². The number of halogens is 3. The molecule has 0 fully saturated rings. The molecule has 35 heavy (non-hydrogen) atoms. The summed E-state index contributed by atoms with van der Waals surface area (Å²) in [6, 6.07) is 19.5. The largest absolute Gasteiger partial charge is 0.484 e. The van der Waals surface area contributed by atoms with Gasteiger partial charge in [-0.25, -0.2) is 0 Å². The molecule has 0 spiro atoms. The van der Waals surface area contributed by atoms with E-state index < -0.39 is 17.6 Å². The highest BCUT2D eigenvalue weighted by Gasteiger charge is 2.30. The van der Waals surface area contributed by atoms with Gasteiger partial charge in [0.25, 0.3) is 11.8 Å². The molecule has 2 amide bonds. The molecule has 0 atom stereocenters. The number of carbonyl (C=O) groups excluding carboxylic acids is 2. The molecule has 0 saturated carbocycles. The van der Waals surface area contributed by atoms with Gasteiger partial charge in [-0.15, -0.1) is 0 Å². The summed E-state index contributed by atoms with van der Waals surface area (Å²) in [4.78, 5) is 24.6. The van der Waals surface area contributed by atoms with Crippen molar-refractivity contribution in [3.63, 3.8) is 0 Å². The van der Waals surface area contributed by atoms with Crippen LogP contribution in [0.5, 0.6) is 5.75 Å². The van der Waals surface area contributed by atoms with Crippen LogP contribution in [-0.2, 0) is 15.8 Å². The van der Waals surface area contributed by atoms with Crippen LogP contribution in [-0.4, -0.2) is 18.4 Å². The van der Waals surface area contributed by atoms with E-state index in [9.17, 15) is 28.0 Å². The average Bonchev–Trinajstić information content (AvgIpc) is 2.82. The molecule has 3 aromatic rings. The fourth-order valence-electron chi connectivity index (χ4n) is 2.96. The molecule has 0 aliphatic heterocycles. The molecule has 0 aliphatic carbocycles. The number of carbonyl (C=O) groups is 2. The lowest BCUT2D eigenvalue weighted by Crippen LogP contribution is -2.20. The van der Waals surface area contributed by atoms with Crippen LogP contribution in [0, 0.1) is 18.3 Å². The number of hydrogen-bond donors (Lipinski definition) is 2. The number of benzene rings is 3. The molecule has 3 rings (SSSR count). The van der Waals surface area contributed by atoms with Gasteiger partial charge in [0.05, 0.1) is 5.56 Å². The molecule has 0 heterocycles. The monoisotopic (exact) mass is 479 g/mol. The number of aryl methyl sites for hydroxylation is 1. The molecule has 9 heteroatoms. The molecule has 178 valence electrons. The van der Waals surface area contributed by atoms with Gasteiger partial charge in [-0.3, -0.25) is 9.59 Å². The van der Waals surface area contributed by atoms with E-state index in [0.717, 1.165) is 23.8 Å². The lowest BCUT2D eigenvalue weighted by molar-refractivity contribution is -0.137. The second-order valence-electron chi connectivity index (χ2n) is 7.48. The fraction of sp³-hybridized carbons (Fsp3) is 0.115. The van der Waals surface area contributed by atoms with Crippen molar-refractivity contribution in [1.82, 2.24) is 0 Å².